The molecular formula is C17H22N2O2. The van der Waals surface area contributed by atoms with E-state index >= 15 is 0 Å². The first kappa shape index (κ1) is 14.1. The number of fused-ring (bicyclic) bond motifs is 1. The highest BCUT2D eigenvalue weighted by atomic mass is 16.3. The topological polar surface area (TPSA) is 56.3 Å². The number of aliphatic hydroxyl groups is 1. The van der Waals surface area contributed by atoms with Crippen LogP contribution in [-0.4, -0.2) is 39.6 Å². The SMILES string of the molecule is CC1(O)CCCN(C(=O)CCc2c[nH]c3ccccc23)C1. The van der Waals surface area contributed by atoms with Crippen LogP contribution in [0.1, 0.15) is 31.7 Å². The third kappa shape index (κ3) is 3.10. The van der Waals surface area contributed by atoms with Crippen molar-refractivity contribution in [1.82, 2.24) is 9.88 Å². The van der Waals surface area contributed by atoms with Gasteiger partial charge in [-0.1, -0.05) is 18.2 Å². The van der Waals surface area contributed by atoms with Crippen molar-refractivity contribution in [2.24, 2.45) is 0 Å². The Balaban J connectivity index is 1.63. The summed E-state index contributed by atoms with van der Waals surface area (Å²) in [6.45, 7) is 3.04. The molecule has 1 amide bonds. The van der Waals surface area contributed by atoms with E-state index in [0.717, 1.165) is 31.3 Å². The number of benzene rings is 1. The van der Waals surface area contributed by atoms with Crippen molar-refractivity contribution < 1.29 is 9.90 Å². The average molecular weight is 286 g/mol. The van der Waals surface area contributed by atoms with Crippen LogP contribution in [0.25, 0.3) is 10.9 Å². The van der Waals surface area contributed by atoms with Gasteiger partial charge in [-0.3, -0.25) is 4.79 Å². The summed E-state index contributed by atoms with van der Waals surface area (Å²) in [6, 6.07) is 8.15. The van der Waals surface area contributed by atoms with Crippen LogP contribution in [0.4, 0.5) is 0 Å². The number of carbonyl (C=O) groups excluding carboxylic acids is 1. The molecule has 21 heavy (non-hydrogen) atoms. The summed E-state index contributed by atoms with van der Waals surface area (Å²) in [5.41, 5.74) is 1.57. The molecule has 4 heteroatoms. The molecule has 1 unspecified atom stereocenters. The van der Waals surface area contributed by atoms with E-state index in [2.05, 4.69) is 11.1 Å². The predicted octanol–water partition coefficient (Wildman–Crippen LogP) is 2.47. The van der Waals surface area contributed by atoms with E-state index in [9.17, 15) is 9.90 Å². The summed E-state index contributed by atoms with van der Waals surface area (Å²) >= 11 is 0. The first-order valence-electron chi connectivity index (χ1n) is 7.60. The zero-order valence-electron chi connectivity index (χ0n) is 12.4. The molecular weight excluding hydrogens is 264 g/mol. The Kier molecular flexibility index (Phi) is 3.72. The number of β-amino-alcohol motifs (C(OH)–C–C–N with tert-alkyl or cyclic N) is 1. The molecule has 0 aliphatic carbocycles. The van der Waals surface area contributed by atoms with Crippen LogP contribution in [0.3, 0.4) is 0 Å². The van der Waals surface area contributed by atoms with Gasteiger partial charge in [-0.25, -0.2) is 0 Å². The zero-order chi connectivity index (χ0) is 14.9. The normalized spacial score (nSPS) is 22.7. The smallest absolute Gasteiger partial charge is 0.223 e. The monoisotopic (exact) mass is 286 g/mol. The number of hydrogen-bond donors (Lipinski definition) is 2. The average Bonchev–Trinajstić information content (AvgIpc) is 2.87. The summed E-state index contributed by atoms with van der Waals surface area (Å²) in [7, 11) is 0. The first-order valence-corrected chi connectivity index (χ1v) is 7.60. The molecule has 4 nitrogen and oxygen atoms in total. The van der Waals surface area contributed by atoms with E-state index < -0.39 is 5.60 Å². The van der Waals surface area contributed by atoms with Gasteiger partial charge in [-0.15, -0.1) is 0 Å². The van der Waals surface area contributed by atoms with Crippen LogP contribution in [0.15, 0.2) is 30.5 Å². The minimum Gasteiger partial charge on any atom is -0.388 e. The fraction of sp³-hybridized carbons (Fsp3) is 0.471. The zero-order valence-corrected chi connectivity index (χ0v) is 12.4. The Morgan fingerprint density at radius 3 is 3.05 bits per heavy atom. The molecule has 1 aromatic carbocycles. The number of para-hydroxylation sites is 1. The van der Waals surface area contributed by atoms with Gasteiger partial charge in [0.15, 0.2) is 0 Å². The van der Waals surface area contributed by atoms with Gasteiger partial charge in [-0.05, 0) is 37.8 Å². The summed E-state index contributed by atoms with van der Waals surface area (Å²) < 4.78 is 0. The number of H-pyrrole nitrogens is 1. The van der Waals surface area contributed by atoms with Gasteiger partial charge in [0.25, 0.3) is 0 Å². The molecule has 0 bridgehead atoms. The summed E-state index contributed by atoms with van der Waals surface area (Å²) in [4.78, 5) is 17.4. The predicted molar refractivity (Wildman–Crippen MR) is 83.1 cm³/mol. The van der Waals surface area contributed by atoms with Crippen molar-refractivity contribution in [3.05, 3.63) is 36.0 Å². The summed E-state index contributed by atoms with van der Waals surface area (Å²) in [5.74, 6) is 0.139. The summed E-state index contributed by atoms with van der Waals surface area (Å²) in [5, 5.41) is 11.3. The Morgan fingerprint density at radius 2 is 2.24 bits per heavy atom. The van der Waals surface area contributed by atoms with Crippen molar-refractivity contribution in [3.8, 4) is 0 Å². The lowest BCUT2D eigenvalue weighted by Gasteiger charge is -2.36. The van der Waals surface area contributed by atoms with Gasteiger partial charge >= 0.3 is 0 Å². The fourth-order valence-corrected chi connectivity index (χ4v) is 3.17. The van der Waals surface area contributed by atoms with E-state index in [1.807, 2.05) is 31.3 Å². The third-order valence-corrected chi connectivity index (χ3v) is 4.31. The molecule has 1 atom stereocenters. The van der Waals surface area contributed by atoms with Crippen LogP contribution in [0.2, 0.25) is 0 Å². The highest BCUT2D eigenvalue weighted by Gasteiger charge is 2.30. The van der Waals surface area contributed by atoms with Gasteiger partial charge < -0.3 is 15.0 Å². The fourth-order valence-electron chi connectivity index (χ4n) is 3.17. The molecule has 1 aliphatic rings. The molecule has 1 fully saturated rings. The van der Waals surface area contributed by atoms with Gasteiger partial charge in [-0.2, -0.15) is 0 Å². The molecule has 0 spiro atoms. The largest absolute Gasteiger partial charge is 0.388 e. The Bertz CT molecular complexity index is 645. The van der Waals surface area contributed by atoms with Gasteiger partial charge in [0.2, 0.25) is 5.91 Å². The molecule has 1 aromatic heterocycles. The van der Waals surface area contributed by atoms with Crippen LogP contribution >= 0.6 is 0 Å². The third-order valence-electron chi connectivity index (χ3n) is 4.31. The Hall–Kier alpha value is -1.81. The van der Waals surface area contributed by atoms with Crippen LogP contribution in [0, 0.1) is 0 Å². The number of nitrogens with zero attached hydrogens (tertiary/aromatic N) is 1. The Labute approximate surface area is 124 Å². The molecule has 112 valence electrons. The van der Waals surface area contributed by atoms with Crippen LogP contribution < -0.4 is 0 Å². The summed E-state index contributed by atoms with van der Waals surface area (Å²) in [6.07, 6.45) is 4.88. The van der Waals surface area contributed by atoms with Gasteiger partial charge in [0.1, 0.15) is 0 Å². The molecule has 2 N–H and O–H groups in total. The maximum absolute atomic E-state index is 12.3. The van der Waals surface area contributed by atoms with Gasteiger partial charge in [0, 0.05) is 36.6 Å². The second-order valence-electron chi connectivity index (χ2n) is 6.28. The maximum Gasteiger partial charge on any atom is 0.223 e. The van der Waals surface area contributed by atoms with E-state index in [1.54, 1.807) is 4.90 Å². The number of aromatic nitrogens is 1. The molecule has 0 radical (unpaired) electrons. The quantitative estimate of drug-likeness (QED) is 0.910. The van der Waals surface area contributed by atoms with E-state index in [-0.39, 0.29) is 5.91 Å². The molecule has 1 saturated heterocycles. The lowest BCUT2D eigenvalue weighted by Crippen LogP contribution is -2.48. The lowest BCUT2D eigenvalue weighted by atomic mass is 9.95. The second kappa shape index (κ2) is 5.53. The van der Waals surface area contributed by atoms with Crippen LogP contribution in [-0.2, 0) is 11.2 Å². The standard InChI is InChI=1S/C17H22N2O2/c1-17(21)9-4-10-19(12-17)16(20)8-7-13-11-18-15-6-3-2-5-14(13)15/h2-3,5-6,11,18,21H,4,7-10,12H2,1H3. The Morgan fingerprint density at radius 1 is 1.43 bits per heavy atom. The minimum atomic E-state index is -0.727. The van der Waals surface area contributed by atoms with E-state index in [1.165, 1.54) is 10.9 Å². The van der Waals surface area contributed by atoms with Gasteiger partial charge in [0.05, 0.1) is 5.60 Å². The first-order chi connectivity index (χ1) is 10.1. The number of amides is 1. The number of piperidine rings is 1. The second-order valence-corrected chi connectivity index (χ2v) is 6.28. The number of nitrogens with one attached hydrogen (secondary N) is 1. The molecule has 0 saturated carbocycles. The highest BCUT2D eigenvalue weighted by molar-refractivity contribution is 5.84. The molecule has 2 heterocycles. The minimum absolute atomic E-state index is 0.139. The highest BCUT2D eigenvalue weighted by Crippen LogP contribution is 2.22. The number of hydrogen-bond acceptors (Lipinski definition) is 2. The van der Waals surface area contributed by atoms with Crippen LogP contribution in [0.5, 0.6) is 0 Å². The number of carbonyl (C=O) groups is 1. The van der Waals surface area contributed by atoms with E-state index in [0.29, 0.717) is 13.0 Å². The van der Waals surface area contributed by atoms with Crippen molar-refractivity contribution >= 4 is 16.8 Å². The van der Waals surface area contributed by atoms with Crippen molar-refractivity contribution in [2.45, 2.75) is 38.2 Å². The van der Waals surface area contributed by atoms with Crippen molar-refractivity contribution in [2.75, 3.05) is 13.1 Å². The van der Waals surface area contributed by atoms with E-state index in [4.69, 9.17) is 0 Å². The van der Waals surface area contributed by atoms with Crippen molar-refractivity contribution in [1.29, 1.82) is 0 Å². The number of aromatic amines is 1. The molecule has 1 aliphatic heterocycles. The molecule has 3 rings (SSSR count). The van der Waals surface area contributed by atoms with Crippen molar-refractivity contribution in [3.63, 3.8) is 0 Å². The lowest BCUT2D eigenvalue weighted by molar-refractivity contribution is -0.137. The maximum atomic E-state index is 12.3. The number of likely N-dealkylation sites (tertiary alicyclic amines) is 1. The number of rotatable bonds is 3. The molecule has 2 aromatic rings. The number of aryl methyl sites for hydroxylation is 1.